The minimum atomic E-state index is -4.17. The van der Waals surface area contributed by atoms with Gasteiger partial charge in [-0.05, 0) is 95.1 Å². The number of hydrogen-bond acceptors (Lipinski definition) is 4. The average Bonchev–Trinajstić information content (AvgIpc) is 3.07. The van der Waals surface area contributed by atoms with Gasteiger partial charge in [0.2, 0.25) is 11.8 Å². The monoisotopic (exact) mass is 803 g/mol. The van der Waals surface area contributed by atoms with Crippen molar-refractivity contribution < 1.29 is 18.0 Å². The molecular weight excluding hydrogens is 768 g/mol. The smallest absolute Gasteiger partial charge is 0.264 e. The Morgan fingerprint density at radius 3 is 2.13 bits per heavy atom. The topological polar surface area (TPSA) is 86.8 Å². The van der Waals surface area contributed by atoms with Crippen LogP contribution in [0.2, 0.25) is 10.0 Å². The van der Waals surface area contributed by atoms with E-state index in [2.05, 4.69) is 27.9 Å². The molecule has 0 radical (unpaired) electrons. The summed E-state index contributed by atoms with van der Waals surface area (Å²) in [6.07, 6.45) is 5.15. The second-order valence-corrected chi connectivity index (χ2v) is 15.6. The molecule has 0 bridgehead atoms. The minimum Gasteiger partial charge on any atom is -0.352 e. The number of sulfonamides is 1. The molecule has 246 valence electrons. The van der Waals surface area contributed by atoms with E-state index in [0.29, 0.717) is 21.3 Å². The van der Waals surface area contributed by atoms with Crippen molar-refractivity contribution in [1.29, 1.82) is 0 Å². The van der Waals surface area contributed by atoms with Crippen molar-refractivity contribution in [2.24, 2.45) is 0 Å². The van der Waals surface area contributed by atoms with E-state index >= 15 is 0 Å². The highest BCUT2D eigenvalue weighted by Crippen LogP contribution is 2.28. The molecule has 0 heterocycles. The maximum atomic E-state index is 14.7. The highest BCUT2D eigenvalue weighted by atomic mass is 127. The van der Waals surface area contributed by atoms with Gasteiger partial charge in [0, 0.05) is 32.6 Å². The number of nitrogens with zero attached hydrogens (tertiary/aromatic N) is 2. The molecule has 0 aromatic heterocycles. The molecule has 7 nitrogen and oxygen atoms in total. The number of benzene rings is 4. The van der Waals surface area contributed by atoms with Crippen molar-refractivity contribution in [2.45, 2.75) is 62.0 Å². The molecule has 47 heavy (non-hydrogen) atoms. The molecule has 0 spiro atoms. The lowest BCUT2D eigenvalue weighted by Gasteiger charge is -2.35. The first kappa shape index (κ1) is 35.2. The summed E-state index contributed by atoms with van der Waals surface area (Å²) in [7, 11) is -4.17. The fraction of sp³-hybridized carbons (Fsp3) is 0.278. The Kier molecular flexibility index (Phi) is 12.2. The summed E-state index contributed by atoms with van der Waals surface area (Å²) in [5, 5.41) is 3.99. The number of rotatable bonds is 12. The van der Waals surface area contributed by atoms with Crippen molar-refractivity contribution >= 4 is 73.3 Å². The van der Waals surface area contributed by atoms with Gasteiger partial charge in [-0.25, -0.2) is 8.42 Å². The summed E-state index contributed by atoms with van der Waals surface area (Å²) in [6, 6.07) is 28.5. The van der Waals surface area contributed by atoms with Crippen molar-refractivity contribution in [3.05, 3.63) is 128 Å². The number of nitrogens with one attached hydrogen (secondary N) is 1. The van der Waals surface area contributed by atoms with E-state index in [1.54, 1.807) is 60.7 Å². The third kappa shape index (κ3) is 9.28. The molecule has 4 aromatic rings. The summed E-state index contributed by atoms with van der Waals surface area (Å²) in [4.78, 5) is 30.4. The van der Waals surface area contributed by atoms with Gasteiger partial charge in [-0.3, -0.25) is 13.9 Å². The quantitative estimate of drug-likeness (QED) is 0.148. The summed E-state index contributed by atoms with van der Waals surface area (Å²) in [6.45, 7) is -0.568. The van der Waals surface area contributed by atoms with Gasteiger partial charge >= 0.3 is 0 Å². The van der Waals surface area contributed by atoms with Crippen LogP contribution in [0.4, 0.5) is 5.69 Å². The maximum Gasteiger partial charge on any atom is 0.264 e. The summed E-state index contributed by atoms with van der Waals surface area (Å²) in [5.74, 6) is -0.834. The van der Waals surface area contributed by atoms with E-state index in [1.807, 2.05) is 30.3 Å². The minimum absolute atomic E-state index is 0.00680. The Morgan fingerprint density at radius 2 is 1.49 bits per heavy atom. The predicted molar refractivity (Wildman–Crippen MR) is 196 cm³/mol. The third-order valence-electron chi connectivity index (χ3n) is 8.30. The number of amides is 2. The lowest BCUT2D eigenvalue weighted by molar-refractivity contribution is -0.140. The largest absolute Gasteiger partial charge is 0.352 e. The van der Waals surface area contributed by atoms with Crippen LogP contribution in [0.1, 0.15) is 43.2 Å². The highest BCUT2D eigenvalue weighted by Gasteiger charge is 2.35. The molecule has 11 heteroatoms. The van der Waals surface area contributed by atoms with Crippen LogP contribution in [0, 0.1) is 3.57 Å². The fourth-order valence-electron chi connectivity index (χ4n) is 5.79. The Balaban J connectivity index is 1.57. The van der Waals surface area contributed by atoms with E-state index in [0.717, 1.165) is 45.5 Å². The van der Waals surface area contributed by atoms with Crippen LogP contribution >= 0.6 is 45.8 Å². The van der Waals surface area contributed by atoms with Gasteiger partial charge in [0.25, 0.3) is 10.0 Å². The Hall–Kier alpha value is -3.12. The molecule has 0 unspecified atom stereocenters. The Bertz CT molecular complexity index is 1770. The van der Waals surface area contributed by atoms with Gasteiger partial charge in [0.15, 0.2) is 0 Å². The van der Waals surface area contributed by atoms with Crippen LogP contribution in [0.5, 0.6) is 0 Å². The van der Waals surface area contributed by atoms with Crippen LogP contribution in [-0.4, -0.2) is 43.8 Å². The zero-order valence-electron chi connectivity index (χ0n) is 25.7. The van der Waals surface area contributed by atoms with E-state index in [1.165, 1.54) is 17.0 Å². The van der Waals surface area contributed by atoms with Crippen molar-refractivity contribution in [2.75, 3.05) is 10.8 Å². The molecule has 0 aliphatic heterocycles. The average molecular weight is 805 g/mol. The molecule has 1 fully saturated rings. The van der Waals surface area contributed by atoms with Gasteiger partial charge in [-0.15, -0.1) is 0 Å². The lowest BCUT2D eigenvalue weighted by Crippen LogP contribution is -2.55. The SMILES string of the molecule is O=C(NC1CCCCC1)[C@@H](Cc1ccccc1)N(Cc1ccc(Cl)cc1Cl)C(=O)CN(c1ccc(I)cc1)S(=O)(=O)c1ccccc1. The van der Waals surface area contributed by atoms with Crippen molar-refractivity contribution in [1.82, 2.24) is 10.2 Å². The number of halogens is 3. The molecule has 1 saturated carbocycles. The van der Waals surface area contributed by atoms with E-state index in [9.17, 15) is 18.0 Å². The first-order valence-electron chi connectivity index (χ1n) is 15.5. The number of anilines is 1. The molecule has 5 rings (SSSR count). The fourth-order valence-corrected chi connectivity index (χ4v) is 8.05. The first-order chi connectivity index (χ1) is 22.6. The van der Waals surface area contributed by atoms with Gasteiger partial charge in [-0.2, -0.15) is 0 Å². The van der Waals surface area contributed by atoms with Gasteiger partial charge in [-0.1, -0.05) is 97.1 Å². The molecule has 1 aliphatic rings. The first-order valence-corrected chi connectivity index (χ1v) is 18.8. The zero-order valence-corrected chi connectivity index (χ0v) is 30.2. The Labute approximate surface area is 300 Å². The van der Waals surface area contributed by atoms with Gasteiger partial charge in [0.05, 0.1) is 10.6 Å². The summed E-state index contributed by atoms with van der Waals surface area (Å²) >= 11 is 15.0. The molecule has 2 amide bonds. The summed E-state index contributed by atoms with van der Waals surface area (Å²) in [5.41, 5.74) is 1.78. The number of carbonyl (C=O) groups excluding carboxylic acids is 2. The molecule has 1 atom stereocenters. The molecule has 1 aliphatic carbocycles. The number of hydrogen-bond donors (Lipinski definition) is 1. The molecular formula is C36H36Cl2IN3O4S. The van der Waals surface area contributed by atoms with Gasteiger partial charge in [0.1, 0.15) is 12.6 Å². The maximum absolute atomic E-state index is 14.7. The Morgan fingerprint density at radius 1 is 0.851 bits per heavy atom. The van der Waals surface area contributed by atoms with E-state index in [-0.39, 0.29) is 29.8 Å². The second-order valence-electron chi connectivity index (χ2n) is 11.6. The van der Waals surface area contributed by atoms with Crippen molar-refractivity contribution in [3.8, 4) is 0 Å². The van der Waals surface area contributed by atoms with Crippen molar-refractivity contribution in [3.63, 3.8) is 0 Å². The predicted octanol–water partition coefficient (Wildman–Crippen LogP) is 7.88. The normalized spacial score (nSPS) is 14.3. The summed E-state index contributed by atoms with van der Waals surface area (Å²) < 4.78 is 30.3. The van der Waals surface area contributed by atoms with E-state index < -0.39 is 28.5 Å². The highest BCUT2D eigenvalue weighted by molar-refractivity contribution is 14.1. The molecule has 0 saturated heterocycles. The van der Waals surface area contributed by atoms with Gasteiger partial charge < -0.3 is 10.2 Å². The van der Waals surface area contributed by atoms with Crippen LogP contribution in [0.25, 0.3) is 0 Å². The molecule has 4 aromatic carbocycles. The standard InChI is InChI=1S/C36H36Cl2IN3O4S/c37-28-17-16-27(33(38)23-28)24-41(34(22-26-10-4-1-5-11-26)36(44)40-30-12-6-2-7-13-30)35(43)25-42(31-20-18-29(39)19-21-31)47(45,46)32-14-8-3-9-15-32/h1,3-5,8-11,14-21,23,30,34H,2,6-7,12-13,22,24-25H2,(H,40,44)/t34-/m1/s1. The third-order valence-corrected chi connectivity index (χ3v) is 11.4. The second kappa shape index (κ2) is 16.3. The zero-order chi connectivity index (χ0) is 33.4. The lowest BCUT2D eigenvalue weighted by atomic mass is 9.94. The van der Waals surface area contributed by atoms with Crippen LogP contribution in [0.3, 0.4) is 0 Å². The van der Waals surface area contributed by atoms with E-state index in [4.69, 9.17) is 23.2 Å². The van der Waals surface area contributed by atoms with Crippen LogP contribution < -0.4 is 9.62 Å². The number of carbonyl (C=O) groups is 2. The molecule has 1 N–H and O–H groups in total. The van der Waals surface area contributed by atoms with Crippen LogP contribution in [-0.2, 0) is 32.6 Å². The van der Waals surface area contributed by atoms with Crippen LogP contribution in [0.15, 0.2) is 108 Å².